The van der Waals surface area contributed by atoms with Gasteiger partial charge in [-0.3, -0.25) is 0 Å². The Morgan fingerprint density at radius 2 is 1.57 bits per heavy atom. The molecular weight excluding hydrogens is 268 g/mol. The minimum Gasteiger partial charge on any atom is -0.397 e. The molecule has 110 valence electrons. The van der Waals surface area contributed by atoms with E-state index in [1.165, 1.54) is 7.11 Å². The van der Waals surface area contributed by atoms with Crippen molar-refractivity contribution in [3.63, 3.8) is 0 Å². The molecular formula is C17H18O4. The van der Waals surface area contributed by atoms with Gasteiger partial charge in [-0.1, -0.05) is 55.5 Å². The summed E-state index contributed by atoms with van der Waals surface area (Å²) in [5.41, 5.74) is 0.764. The largest absolute Gasteiger partial charge is 0.516 e. The van der Waals surface area contributed by atoms with Gasteiger partial charge in [0.2, 0.25) is 5.79 Å². The molecule has 0 saturated carbocycles. The predicted molar refractivity (Wildman–Crippen MR) is 79.0 cm³/mol. The van der Waals surface area contributed by atoms with Crippen LogP contribution >= 0.6 is 0 Å². The van der Waals surface area contributed by atoms with Crippen LogP contribution in [0.1, 0.15) is 18.9 Å². The molecule has 0 aliphatic rings. The van der Waals surface area contributed by atoms with E-state index in [-0.39, 0.29) is 0 Å². The fourth-order valence-electron chi connectivity index (χ4n) is 2.07. The molecule has 0 aromatic heterocycles. The number of carbonyl (C=O) groups is 1. The third kappa shape index (κ3) is 3.61. The summed E-state index contributed by atoms with van der Waals surface area (Å²) in [6, 6.07) is 18.1. The Morgan fingerprint density at radius 1 is 1.00 bits per heavy atom. The van der Waals surface area contributed by atoms with Crippen LogP contribution in [-0.4, -0.2) is 13.3 Å². The maximum absolute atomic E-state index is 12.0. The average molecular weight is 286 g/mol. The first-order chi connectivity index (χ1) is 10.2. The lowest BCUT2D eigenvalue weighted by Gasteiger charge is -2.30. The van der Waals surface area contributed by atoms with Crippen molar-refractivity contribution in [2.75, 3.05) is 7.11 Å². The van der Waals surface area contributed by atoms with E-state index < -0.39 is 11.9 Å². The van der Waals surface area contributed by atoms with Crippen LogP contribution in [0.3, 0.4) is 0 Å². The van der Waals surface area contributed by atoms with Gasteiger partial charge in [-0.2, -0.15) is 0 Å². The summed E-state index contributed by atoms with van der Waals surface area (Å²) in [6.45, 7) is 1.88. The van der Waals surface area contributed by atoms with E-state index in [2.05, 4.69) is 0 Å². The monoisotopic (exact) mass is 286 g/mol. The van der Waals surface area contributed by atoms with Crippen molar-refractivity contribution in [1.82, 2.24) is 0 Å². The highest BCUT2D eigenvalue weighted by molar-refractivity contribution is 5.64. The van der Waals surface area contributed by atoms with E-state index in [1.807, 2.05) is 43.3 Å². The van der Waals surface area contributed by atoms with Crippen LogP contribution < -0.4 is 4.74 Å². The summed E-state index contributed by atoms with van der Waals surface area (Å²) in [7, 11) is 1.51. The third-order valence-corrected chi connectivity index (χ3v) is 3.20. The van der Waals surface area contributed by atoms with Gasteiger partial charge in [-0.05, 0) is 12.1 Å². The van der Waals surface area contributed by atoms with Crippen molar-refractivity contribution in [3.8, 4) is 5.75 Å². The van der Waals surface area contributed by atoms with Crippen LogP contribution in [0.2, 0.25) is 0 Å². The second-order valence-corrected chi connectivity index (χ2v) is 4.44. The van der Waals surface area contributed by atoms with E-state index >= 15 is 0 Å². The molecule has 2 rings (SSSR count). The Labute approximate surface area is 124 Å². The van der Waals surface area contributed by atoms with Gasteiger partial charge in [0.1, 0.15) is 5.75 Å². The molecule has 0 fully saturated rings. The van der Waals surface area contributed by atoms with Crippen LogP contribution in [0.4, 0.5) is 4.79 Å². The lowest BCUT2D eigenvalue weighted by molar-refractivity contribution is -0.203. The molecule has 2 aromatic carbocycles. The molecule has 2 aromatic rings. The molecule has 4 nitrogen and oxygen atoms in total. The maximum atomic E-state index is 12.0. The highest BCUT2D eigenvalue weighted by Gasteiger charge is 2.35. The summed E-state index contributed by atoms with van der Waals surface area (Å²) in [4.78, 5) is 12.0. The van der Waals surface area contributed by atoms with Gasteiger partial charge < -0.3 is 14.2 Å². The van der Waals surface area contributed by atoms with Crippen molar-refractivity contribution in [3.05, 3.63) is 66.2 Å². The SMILES string of the molecule is CCC(OC)(OC(=O)Oc1ccccc1)c1ccccc1. The number of hydrogen-bond donors (Lipinski definition) is 0. The van der Waals surface area contributed by atoms with E-state index in [0.717, 1.165) is 5.56 Å². The second-order valence-electron chi connectivity index (χ2n) is 4.44. The molecule has 0 saturated heterocycles. The van der Waals surface area contributed by atoms with Crippen LogP contribution in [-0.2, 0) is 15.3 Å². The van der Waals surface area contributed by atoms with Gasteiger partial charge in [0.05, 0.1) is 0 Å². The van der Waals surface area contributed by atoms with Gasteiger partial charge >= 0.3 is 6.16 Å². The number of rotatable bonds is 5. The Hall–Kier alpha value is -2.33. The summed E-state index contributed by atoms with van der Waals surface area (Å²) >= 11 is 0. The summed E-state index contributed by atoms with van der Waals surface area (Å²) in [5, 5.41) is 0. The zero-order valence-corrected chi connectivity index (χ0v) is 12.1. The molecule has 0 amide bonds. The van der Waals surface area contributed by atoms with E-state index in [9.17, 15) is 4.79 Å². The van der Waals surface area contributed by atoms with Gasteiger partial charge in [0.25, 0.3) is 0 Å². The van der Waals surface area contributed by atoms with Gasteiger partial charge in [-0.25, -0.2) is 4.79 Å². The van der Waals surface area contributed by atoms with Gasteiger partial charge in [0.15, 0.2) is 0 Å². The fraction of sp³-hybridized carbons (Fsp3) is 0.235. The van der Waals surface area contributed by atoms with E-state index in [4.69, 9.17) is 14.2 Å². The minimum atomic E-state index is -1.15. The second kappa shape index (κ2) is 6.90. The first kappa shape index (κ1) is 15.1. The van der Waals surface area contributed by atoms with Crippen molar-refractivity contribution in [1.29, 1.82) is 0 Å². The first-order valence-electron chi connectivity index (χ1n) is 6.77. The Kier molecular flexibility index (Phi) is 4.95. The van der Waals surface area contributed by atoms with E-state index in [0.29, 0.717) is 12.2 Å². The van der Waals surface area contributed by atoms with Crippen LogP contribution in [0.25, 0.3) is 0 Å². The predicted octanol–water partition coefficient (Wildman–Crippen LogP) is 4.11. The summed E-state index contributed by atoms with van der Waals surface area (Å²) < 4.78 is 16.1. The number of ether oxygens (including phenoxy) is 3. The zero-order valence-electron chi connectivity index (χ0n) is 12.1. The Balaban J connectivity index is 2.15. The molecule has 0 aliphatic heterocycles. The summed E-state index contributed by atoms with van der Waals surface area (Å²) in [5.74, 6) is -0.718. The lowest BCUT2D eigenvalue weighted by Crippen LogP contribution is -2.35. The molecule has 21 heavy (non-hydrogen) atoms. The molecule has 0 spiro atoms. The number of para-hydroxylation sites is 1. The van der Waals surface area contributed by atoms with Gasteiger partial charge in [-0.15, -0.1) is 0 Å². The highest BCUT2D eigenvalue weighted by atomic mass is 16.8. The number of benzene rings is 2. The average Bonchev–Trinajstić information content (AvgIpc) is 2.54. The Bertz CT molecular complexity index is 562. The smallest absolute Gasteiger partial charge is 0.397 e. The van der Waals surface area contributed by atoms with Crippen LogP contribution in [0, 0.1) is 0 Å². The van der Waals surface area contributed by atoms with Gasteiger partial charge in [0, 0.05) is 19.1 Å². The molecule has 1 unspecified atom stereocenters. The lowest BCUT2D eigenvalue weighted by atomic mass is 10.0. The topological polar surface area (TPSA) is 44.8 Å². The maximum Gasteiger partial charge on any atom is 0.516 e. The van der Waals surface area contributed by atoms with E-state index in [1.54, 1.807) is 24.3 Å². The first-order valence-corrected chi connectivity index (χ1v) is 6.77. The van der Waals surface area contributed by atoms with Crippen LogP contribution in [0.5, 0.6) is 5.75 Å². The standard InChI is InChI=1S/C17H18O4/c1-3-17(19-2,14-10-6-4-7-11-14)21-16(18)20-15-12-8-5-9-13-15/h4-13H,3H2,1-2H3. The quantitative estimate of drug-likeness (QED) is 0.471. The van der Waals surface area contributed by atoms with Crippen molar-refractivity contribution in [2.24, 2.45) is 0 Å². The number of hydrogen-bond acceptors (Lipinski definition) is 4. The normalized spacial score (nSPS) is 13.2. The number of methoxy groups -OCH3 is 1. The van der Waals surface area contributed by atoms with Crippen molar-refractivity contribution in [2.45, 2.75) is 19.1 Å². The highest BCUT2D eigenvalue weighted by Crippen LogP contribution is 2.31. The zero-order chi connectivity index (χ0) is 15.1. The number of carbonyl (C=O) groups excluding carboxylic acids is 1. The molecule has 0 heterocycles. The molecule has 1 atom stereocenters. The third-order valence-electron chi connectivity index (χ3n) is 3.20. The van der Waals surface area contributed by atoms with Crippen LogP contribution in [0.15, 0.2) is 60.7 Å². The van der Waals surface area contributed by atoms with Crippen molar-refractivity contribution >= 4 is 6.16 Å². The molecule has 0 aliphatic carbocycles. The summed E-state index contributed by atoms with van der Waals surface area (Å²) in [6.07, 6.45) is -0.328. The molecule has 0 N–H and O–H groups in total. The minimum absolute atomic E-state index is 0.427. The van der Waals surface area contributed by atoms with Crippen molar-refractivity contribution < 1.29 is 19.0 Å². The molecule has 4 heteroatoms. The molecule has 0 bridgehead atoms. The Morgan fingerprint density at radius 3 is 2.10 bits per heavy atom. The fourth-order valence-corrected chi connectivity index (χ4v) is 2.07. The molecule has 0 radical (unpaired) electrons.